The Morgan fingerprint density at radius 1 is 1.07 bits per heavy atom. The quantitative estimate of drug-likeness (QED) is 0.215. The van der Waals surface area contributed by atoms with Crippen LogP contribution < -0.4 is 15.5 Å². The molecule has 10 heteroatoms. The summed E-state index contributed by atoms with van der Waals surface area (Å²) in [7, 11) is 0. The van der Waals surface area contributed by atoms with Gasteiger partial charge in [-0.15, -0.1) is 0 Å². The molecule has 0 bridgehead atoms. The molecule has 2 N–H and O–H groups in total. The molecular formula is C31H33Cl2FN4O3. The zero-order chi connectivity index (χ0) is 29.5. The number of aryl methyl sites for hydroxylation is 1. The summed E-state index contributed by atoms with van der Waals surface area (Å²) in [5.74, 6) is -0.283. The van der Waals surface area contributed by atoms with Crippen LogP contribution in [0.2, 0.25) is 10.0 Å². The Kier molecular flexibility index (Phi) is 10.4. The van der Waals surface area contributed by atoms with E-state index in [0.29, 0.717) is 46.6 Å². The molecule has 1 atom stereocenters. The van der Waals surface area contributed by atoms with Crippen LogP contribution in [-0.4, -0.2) is 41.6 Å². The van der Waals surface area contributed by atoms with Crippen molar-refractivity contribution in [3.63, 3.8) is 0 Å². The fourth-order valence-corrected chi connectivity index (χ4v) is 5.02. The first-order valence-electron chi connectivity index (χ1n) is 13.4. The molecule has 7 nitrogen and oxygen atoms in total. The van der Waals surface area contributed by atoms with E-state index >= 15 is 0 Å². The van der Waals surface area contributed by atoms with Gasteiger partial charge in [0.05, 0.1) is 5.71 Å². The third-order valence-corrected chi connectivity index (χ3v) is 7.67. The number of amides is 2. The van der Waals surface area contributed by atoms with E-state index in [2.05, 4.69) is 20.7 Å². The maximum absolute atomic E-state index is 13.3. The summed E-state index contributed by atoms with van der Waals surface area (Å²) in [6.07, 6.45) is 0.696. The van der Waals surface area contributed by atoms with Gasteiger partial charge in [-0.05, 0) is 106 Å². The monoisotopic (exact) mass is 598 g/mol. The van der Waals surface area contributed by atoms with E-state index in [4.69, 9.17) is 27.9 Å². The molecule has 3 aromatic carbocycles. The van der Waals surface area contributed by atoms with Gasteiger partial charge in [-0.2, -0.15) is 5.10 Å². The molecule has 3 aromatic rings. The number of likely N-dealkylation sites (tertiary alicyclic amines) is 1. The number of carbonyl (C=O) groups is 2. The van der Waals surface area contributed by atoms with Gasteiger partial charge in [-0.1, -0.05) is 41.4 Å². The molecule has 0 radical (unpaired) electrons. The molecule has 1 fully saturated rings. The molecule has 216 valence electrons. The Hall–Kier alpha value is -3.46. The van der Waals surface area contributed by atoms with Crippen LogP contribution in [0, 0.1) is 18.7 Å². The number of ether oxygens (including phenoxy) is 1. The lowest BCUT2D eigenvalue weighted by atomic mass is 9.96. The van der Waals surface area contributed by atoms with Crippen molar-refractivity contribution in [3.05, 3.63) is 93.2 Å². The standard InChI is InChI=1S/C31H33Cl2FN4O3/c1-19-16-25(32)7-11-29(19)41-21(3)30(39)35-27-9-5-22(6-10-27)20(2)36-37-31(40)23-12-14-38(15-13-23)18-24-4-8-26(34)17-28(24)33/h4-11,16-17,21,23H,12-15,18H2,1-3H3,(H,35,39)(H,37,40)/b36-20+. The number of nitrogens with one attached hydrogen (secondary N) is 2. The predicted octanol–water partition coefficient (Wildman–Crippen LogP) is 6.60. The average molecular weight is 600 g/mol. The van der Waals surface area contributed by atoms with Gasteiger partial charge in [0, 0.05) is 28.2 Å². The summed E-state index contributed by atoms with van der Waals surface area (Å²) >= 11 is 12.1. The molecule has 0 aromatic heterocycles. The van der Waals surface area contributed by atoms with E-state index in [1.807, 2.05) is 26.0 Å². The summed E-state index contributed by atoms with van der Waals surface area (Å²) in [6, 6.07) is 16.9. The fourth-order valence-electron chi connectivity index (χ4n) is 4.57. The van der Waals surface area contributed by atoms with Gasteiger partial charge < -0.3 is 10.1 Å². The van der Waals surface area contributed by atoms with Crippen molar-refractivity contribution < 1.29 is 18.7 Å². The number of anilines is 1. The minimum atomic E-state index is -0.708. The summed E-state index contributed by atoms with van der Waals surface area (Å²) in [6.45, 7) is 7.47. The summed E-state index contributed by atoms with van der Waals surface area (Å²) < 4.78 is 19.1. The van der Waals surface area contributed by atoms with E-state index in [9.17, 15) is 14.0 Å². The van der Waals surface area contributed by atoms with Gasteiger partial charge in [0.25, 0.3) is 5.91 Å². The van der Waals surface area contributed by atoms with Crippen molar-refractivity contribution in [2.24, 2.45) is 11.0 Å². The third kappa shape index (κ3) is 8.52. The van der Waals surface area contributed by atoms with Crippen molar-refractivity contribution in [3.8, 4) is 5.75 Å². The molecule has 1 heterocycles. The van der Waals surface area contributed by atoms with Crippen LogP contribution >= 0.6 is 23.2 Å². The second kappa shape index (κ2) is 13.9. The van der Waals surface area contributed by atoms with Gasteiger partial charge in [-0.25, -0.2) is 9.82 Å². The van der Waals surface area contributed by atoms with Crippen molar-refractivity contribution in [1.82, 2.24) is 10.3 Å². The maximum Gasteiger partial charge on any atom is 0.265 e. The zero-order valence-corrected chi connectivity index (χ0v) is 24.7. The highest BCUT2D eigenvalue weighted by atomic mass is 35.5. The SMILES string of the molecule is C/C(=N\NC(=O)C1CCN(Cc2ccc(F)cc2Cl)CC1)c1ccc(NC(=O)C(C)Oc2ccc(Cl)cc2C)cc1. The lowest BCUT2D eigenvalue weighted by Crippen LogP contribution is -2.39. The molecular weight excluding hydrogens is 566 g/mol. The Labute approximate surface area is 249 Å². The highest BCUT2D eigenvalue weighted by Crippen LogP contribution is 2.24. The van der Waals surface area contributed by atoms with Gasteiger partial charge in [0.15, 0.2) is 6.10 Å². The lowest BCUT2D eigenvalue weighted by molar-refractivity contribution is -0.126. The van der Waals surface area contributed by atoms with E-state index in [1.54, 1.807) is 43.3 Å². The van der Waals surface area contributed by atoms with Crippen molar-refractivity contribution in [1.29, 1.82) is 0 Å². The van der Waals surface area contributed by atoms with Crippen molar-refractivity contribution in [2.45, 2.75) is 46.3 Å². The third-order valence-electron chi connectivity index (χ3n) is 7.08. The first kappa shape index (κ1) is 30.5. The van der Waals surface area contributed by atoms with Crippen molar-refractivity contribution in [2.75, 3.05) is 18.4 Å². The van der Waals surface area contributed by atoms with Gasteiger partial charge >= 0.3 is 0 Å². The van der Waals surface area contributed by atoms with Crippen molar-refractivity contribution >= 4 is 46.4 Å². The van der Waals surface area contributed by atoms with E-state index in [1.165, 1.54) is 12.1 Å². The second-order valence-corrected chi connectivity index (χ2v) is 11.0. The van der Waals surface area contributed by atoms with Crippen LogP contribution in [0.4, 0.5) is 10.1 Å². The van der Waals surface area contributed by atoms with Crippen LogP contribution in [0.3, 0.4) is 0 Å². The minimum absolute atomic E-state index is 0.113. The number of nitrogens with zero attached hydrogens (tertiary/aromatic N) is 2. The normalized spacial score (nSPS) is 15.3. The number of benzene rings is 3. The molecule has 1 unspecified atom stereocenters. The summed E-state index contributed by atoms with van der Waals surface area (Å²) in [5.41, 5.74) is 6.50. The molecule has 0 saturated carbocycles. The highest BCUT2D eigenvalue weighted by Gasteiger charge is 2.25. The van der Waals surface area contributed by atoms with Gasteiger partial charge in [0.1, 0.15) is 11.6 Å². The molecule has 1 aliphatic rings. The lowest BCUT2D eigenvalue weighted by Gasteiger charge is -2.31. The van der Waals surface area contributed by atoms with Crippen LogP contribution in [0.15, 0.2) is 65.8 Å². The van der Waals surface area contributed by atoms with Gasteiger partial charge in [-0.3, -0.25) is 14.5 Å². The van der Waals surface area contributed by atoms with Crippen LogP contribution in [0.5, 0.6) is 5.75 Å². The largest absolute Gasteiger partial charge is 0.481 e. The first-order chi connectivity index (χ1) is 19.6. The molecule has 1 aliphatic heterocycles. The molecule has 4 rings (SSSR count). The molecule has 2 amide bonds. The number of halogens is 3. The number of hydrazone groups is 1. The predicted molar refractivity (Wildman–Crippen MR) is 161 cm³/mol. The van der Waals surface area contributed by atoms with E-state index in [0.717, 1.165) is 29.8 Å². The summed E-state index contributed by atoms with van der Waals surface area (Å²) in [5, 5.41) is 8.16. The van der Waals surface area contributed by atoms with Gasteiger partial charge in [0.2, 0.25) is 5.91 Å². The smallest absolute Gasteiger partial charge is 0.265 e. The highest BCUT2D eigenvalue weighted by molar-refractivity contribution is 6.31. The van der Waals surface area contributed by atoms with Crippen LogP contribution in [0.25, 0.3) is 0 Å². The number of hydrogen-bond donors (Lipinski definition) is 2. The average Bonchev–Trinajstić information content (AvgIpc) is 2.95. The second-order valence-electron chi connectivity index (χ2n) is 10.2. The Morgan fingerprint density at radius 3 is 2.44 bits per heavy atom. The minimum Gasteiger partial charge on any atom is -0.481 e. The molecule has 0 aliphatic carbocycles. The molecule has 41 heavy (non-hydrogen) atoms. The van der Waals surface area contributed by atoms with E-state index < -0.39 is 6.10 Å². The molecule has 1 saturated heterocycles. The summed E-state index contributed by atoms with van der Waals surface area (Å²) in [4.78, 5) is 27.6. The first-order valence-corrected chi connectivity index (χ1v) is 14.2. The number of rotatable bonds is 9. The topological polar surface area (TPSA) is 83.0 Å². The van der Waals surface area contributed by atoms with Crippen LogP contribution in [-0.2, 0) is 16.1 Å². The zero-order valence-electron chi connectivity index (χ0n) is 23.2. The number of carbonyl (C=O) groups excluding carboxylic acids is 2. The fraction of sp³-hybridized carbons (Fsp3) is 0.323. The number of piperidine rings is 1. The van der Waals surface area contributed by atoms with E-state index in [-0.39, 0.29) is 23.5 Å². The maximum atomic E-state index is 13.3. The number of hydrogen-bond acceptors (Lipinski definition) is 5. The molecule has 0 spiro atoms. The Balaban J connectivity index is 1.23. The Morgan fingerprint density at radius 2 is 1.78 bits per heavy atom. The van der Waals surface area contributed by atoms with Crippen LogP contribution in [0.1, 0.15) is 43.4 Å². The Bertz CT molecular complexity index is 1420.